The molecule has 3 N–H and O–H groups in total. The van der Waals surface area contributed by atoms with Crippen molar-refractivity contribution < 1.29 is 29.0 Å². The van der Waals surface area contributed by atoms with Gasteiger partial charge in [-0.15, -0.1) is 0 Å². The number of hydrogen-bond donors (Lipinski definition) is 3. The Bertz CT molecular complexity index is 807. The lowest BCUT2D eigenvalue weighted by Crippen LogP contribution is -2.59. The predicted octanol–water partition coefficient (Wildman–Crippen LogP) is 1.22. The number of nitrogens with zero attached hydrogens (tertiary/aromatic N) is 1. The van der Waals surface area contributed by atoms with Gasteiger partial charge in [0.15, 0.2) is 5.54 Å². The average molecular weight is 390 g/mol. The molecule has 4 atom stereocenters. The van der Waals surface area contributed by atoms with Crippen LogP contribution in [0.5, 0.6) is 0 Å². The van der Waals surface area contributed by atoms with E-state index in [0.717, 1.165) is 19.3 Å². The summed E-state index contributed by atoms with van der Waals surface area (Å²) in [6.07, 6.45) is 4.31. The van der Waals surface area contributed by atoms with Crippen molar-refractivity contribution >= 4 is 17.8 Å². The van der Waals surface area contributed by atoms with E-state index in [0.29, 0.717) is 18.4 Å². The first-order valence-corrected chi connectivity index (χ1v) is 9.65. The smallest absolute Gasteiger partial charge is 0.327 e. The van der Waals surface area contributed by atoms with Gasteiger partial charge in [0.1, 0.15) is 5.82 Å². The van der Waals surface area contributed by atoms with Gasteiger partial charge >= 0.3 is 5.97 Å². The molecule has 1 saturated carbocycles. The van der Waals surface area contributed by atoms with E-state index in [1.165, 1.54) is 29.2 Å². The molecule has 7 nitrogen and oxygen atoms in total. The Morgan fingerprint density at radius 2 is 1.79 bits per heavy atom. The molecule has 28 heavy (non-hydrogen) atoms. The molecular weight excluding hydrogens is 367 g/mol. The van der Waals surface area contributed by atoms with E-state index in [1.807, 2.05) is 0 Å². The number of halogens is 1. The summed E-state index contributed by atoms with van der Waals surface area (Å²) in [5.41, 5.74) is -1.43. The van der Waals surface area contributed by atoms with E-state index >= 15 is 0 Å². The molecule has 1 aromatic carbocycles. The zero-order valence-corrected chi connectivity index (χ0v) is 15.3. The SMILES string of the molecule is O=C1C2C(c3ccc(F)cc3)NC(CO)(C(=O)O)C2C(=O)N1C1CCCCC1. The van der Waals surface area contributed by atoms with Gasteiger partial charge in [-0.3, -0.25) is 24.6 Å². The Labute approximate surface area is 161 Å². The van der Waals surface area contributed by atoms with E-state index in [4.69, 9.17) is 0 Å². The van der Waals surface area contributed by atoms with Crippen molar-refractivity contribution in [1.29, 1.82) is 0 Å². The predicted molar refractivity (Wildman–Crippen MR) is 95.4 cm³/mol. The highest BCUT2D eigenvalue weighted by molar-refractivity contribution is 6.09. The molecule has 8 heteroatoms. The van der Waals surface area contributed by atoms with Gasteiger partial charge in [-0.2, -0.15) is 0 Å². The number of fused-ring (bicyclic) bond motifs is 1. The third-order valence-electron chi connectivity index (χ3n) is 6.49. The van der Waals surface area contributed by atoms with E-state index in [1.54, 1.807) is 0 Å². The Balaban J connectivity index is 1.77. The summed E-state index contributed by atoms with van der Waals surface area (Å²) in [6.45, 7) is -0.821. The number of aliphatic hydroxyl groups excluding tert-OH is 1. The number of imide groups is 1. The Morgan fingerprint density at radius 3 is 2.36 bits per heavy atom. The second-order valence-electron chi connectivity index (χ2n) is 7.95. The van der Waals surface area contributed by atoms with Crippen molar-refractivity contribution in [2.45, 2.75) is 49.7 Å². The number of amides is 2. The van der Waals surface area contributed by atoms with Crippen molar-refractivity contribution in [3.63, 3.8) is 0 Å². The number of carbonyl (C=O) groups is 3. The molecule has 0 bridgehead atoms. The van der Waals surface area contributed by atoms with Crippen molar-refractivity contribution in [3.8, 4) is 0 Å². The van der Waals surface area contributed by atoms with E-state index in [9.17, 15) is 29.0 Å². The number of carbonyl (C=O) groups excluding carboxylic acids is 2. The van der Waals surface area contributed by atoms with Crippen molar-refractivity contribution in [3.05, 3.63) is 35.6 Å². The Morgan fingerprint density at radius 1 is 1.14 bits per heavy atom. The first-order valence-electron chi connectivity index (χ1n) is 9.65. The summed E-state index contributed by atoms with van der Waals surface area (Å²) < 4.78 is 13.3. The molecule has 4 rings (SSSR count). The monoisotopic (exact) mass is 390 g/mol. The number of carboxylic acids is 1. The quantitative estimate of drug-likeness (QED) is 0.668. The van der Waals surface area contributed by atoms with Crippen molar-refractivity contribution in [2.75, 3.05) is 6.61 Å². The summed E-state index contributed by atoms with van der Waals surface area (Å²) in [4.78, 5) is 39.9. The second-order valence-corrected chi connectivity index (χ2v) is 7.95. The first kappa shape index (κ1) is 19.0. The molecule has 150 valence electrons. The van der Waals surface area contributed by atoms with Crippen LogP contribution < -0.4 is 5.32 Å². The van der Waals surface area contributed by atoms with Gasteiger partial charge in [0.05, 0.1) is 18.4 Å². The second kappa shape index (κ2) is 6.93. The summed E-state index contributed by atoms with van der Waals surface area (Å²) >= 11 is 0. The standard InChI is InChI=1S/C20H23FN2O5/c21-12-8-6-11(7-9-12)16-14-15(20(10-24,22-16)19(27)28)18(26)23(17(14)25)13-4-2-1-3-5-13/h6-9,13-16,22,24H,1-5,10H2,(H,27,28). The van der Waals surface area contributed by atoms with Crippen molar-refractivity contribution in [1.82, 2.24) is 10.2 Å². The summed E-state index contributed by atoms with van der Waals surface area (Å²) in [7, 11) is 0. The minimum atomic E-state index is -1.94. The zero-order chi connectivity index (χ0) is 20.1. The number of nitrogens with one attached hydrogen (secondary N) is 1. The molecule has 3 fully saturated rings. The lowest BCUT2D eigenvalue weighted by molar-refractivity contribution is -0.154. The fourth-order valence-corrected chi connectivity index (χ4v) is 5.09. The number of rotatable bonds is 4. The van der Waals surface area contributed by atoms with E-state index in [2.05, 4.69) is 5.32 Å². The maximum Gasteiger partial charge on any atom is 0.327 e. The Hall–Kier alpha value is -2.32. The number of carboxylic acid groups (broad SMARTS) is 1. The molecule has 2 saturated heterocycles. The van der Waals surface area contributed by atoms with Crippen LogP contribution in [0.15, 0.2) is 24.3 Å². The lowest BCUT2D eigenvalue weighted by Gasteiger charge is -2.33. The molecule has 0 spiro atoms. The topological polar surface area (TPSA) is 107 Å². The molecule has 1 aliphatic carbocycles. The highest BCUT2D eigenvalue weighted by Gasteiger charge is 2.69. The largest absolute Gasteiger partial charge is 0.480 e. The first-order chi connectivity index (χ1) is 13.4. The van der Waals surface area contributed by atoms with Gasteiger partial charge in [0, 0.05) is 12.1 Å². The Kier molecular flexibility index (Phi) is 4.71. The lowest BCUT2D eigenvalue weighted by atomic mass is 9.79. The van der Waals surface area contributed by atoms with Crippen LogP contribution >= 0.6 is 0 Å². The van der Waals surface area contributed by atoms with Crippen LogP contribution in [0.4, 0.5) is 4.39 Å². The van der Waals surface area contributed by atoms with E-state index in [-0.39, 0.29) is 6.04 Å². The molecule has 4 unspecified atom stereocenters. The average Bonchev–Trinajstić information content (AvgIpc) is 3.18. The summed E-state index contributed by atoms with van der Waals surface area (Å²) in [5.74, 6) is -4.90. The van der Waals surface area contributed by atoms with Crippen molar-refractivity contribution in [2.24, 2.45) is 11.8 Å². The maximum atomic E-state index is 13.3. The molecule has 2 heterocycles. The van der Waals surface area contributed by atoms with E-state index < -0.39 is 53.6 Å². The molecular formula is C20H23FN2O5. The van der Waals surface area contributed by atoms with Crippen LogP contribution in [0.3, 0.4) is 0 Å². The minimum Gasteiger partial charge on any atom is -0.480 e. The molecule has 2 aliphatic heterocycles. The number of aliphatic hydroxyl groups is 1. The normalized spacial score (nSPS) is 33.4. The number of likely N-dealkylation sites (tertiary alicyclic amines) is 1. The van der Waals surface area contributed by atoms with Gasteiger partial charge in [0.25, 0.3) is 0 Å². The fourth-order valence-electron chi connectivity index (χ4n) is 5.09. The number of hydrogen-bond acceptors (Lipinski definition) is 5. The van der Waals surface area contributed by atoms with Crippen LogP contribution in [0.2, 0.25) is 0 Å². The highest BCUT2D eigenvalue weighted by Crippen LogP contribution is 2.50. The van der Waals surface area contributed by atoms with Crippen LogP contribution in [-0.2, 0) is 14.4 Å². The summed E-state index contributed by atoms with van der Waals surface area (Å²) in [5, 5.41) is 22.6. The van der Waals surface area contributed by atoms with Gasteiger partial charge in [-0.1, -0.05) is 31.4 Å². The van der Waals surface area contributed by atoms with Gasteiger partial charge in [-0.05, 0) is 30.5 Å². The molecule has 2 amide bonds. The van der Waals surface area contributed by atoms with Crippen LogP contribution in [0, 0.1) is 17.7 Å². The van der Waals surface area contributed by atoms with Crippen LogP contribution in [0.25, 0.3) is 0 Å². The third kappa shape index (κ3) is 2.66. The number of aliphatic carboxylic acids is 1. The minimum absolute atomic E-state index is 0.224. The highest BCUT2D eigenvalue weighted by atomic mass is 19.1. The molecule has 3 aliphatic rings. The molecule has 0 aromatic heterocycles. The fraction of sp³-hybridized carbons (Fsp3) is 0.550. The van der Waals surface area contributed by atoms with Crippen LogP contribution in [0.1, 0.15) is 43.7 Å². The van der Waals surface area contributed by atoms with Gasteiger partial charge in [0.2, 0.25) is 11.8 Å². The molecule has 0 radical (unpaired) electrons. The van der Waals surface area contributed by atoms with Crippen LogP contribution in [-0.4, -0.2) is 51.1 Å². The van der Waals surface area contributed by atoms with Gasteiger partial charge < -0.3 is 10.2 Å². The maximum absolute atomic E-state index is 13.3. The number of benzene rings is 1. The van der Waals surface area contributed by atoms with Gasteiger partial charge in [-0.25, -0.2) is 4.39 Å². The summed E-state index contributed by atoms with van der Waals surface area (Å²) in [6, 6.07) is 4.38. The zero-order valence-electron chi connectivity index (χ0n) is 15.3. The molecule has 1 aromatic rings. The third-order valence-corrected chi connectivity index (χ3v) is 6.49.